The van der Waals surface area contributed by atoms with Crippen LogP contribution < -0.4 is 5.73 Å². The van der Waals surface area contributed by atoms with Crippen LogP contribution in [-0.2, 0) is 4.79 Å². The Balaban J connectivity index is 2.18. The van der Waals surface area contributed by atoms with Gasteiger partial charge in [-0.05, 0) is 25.8 Å². The van der Waals surface area contributed by atoms with E-state index in [1.54, 1.807) is 0 Å². The van der Waals surface area contributed by atoms with Gasteiger partial charge in [-0.25, -0.2) is 0 Å². The van der Waals surface area contributed by atoms with Crippen molar-refractivity contribution in [3.05, 3.63) is 0 Å². The lowest BCUT2D eigenvalue weighted by molar-refractivity contribution is -0.137. The van der Waals surface area contributed by atoms with E-state index in [1.807, 2.05) is 7.05 Å². The summed E-state index contributed by atoms with van der Waals surface area (Å²) in [4.78, 5) is 12.7. The molecule has 0 heterocycles. The summed E-state index contributed by atoms with van der Waals surface area (Å²) in [5, 5.41) is 8.62. The van der Waals surface area contributed by atoms with Gasteiger partial charge in [0.2, 0.25) is 0 Å². The molecule has 4 heteroatoms. The molecule has 0 aromatic heterocycles. The lowest BCUT2D eigenvalue weighted by Crippen LogP contribution is -2.39. The van der Waals surface area contributed by atoms with Crippen LogP contribution in [-0.4, -0.2) is 42.2 Å². The number of hydrogen-bond donors (Lipinski definition) is 2. The minimum atomic E-state index is -0.807. The van der Waals surface area contributed by atoms with E-state index in [0.717, 1.165) is 12.5 Å². The summed E-state index contributed by atoms with van der Waals surface area (Å²) in [6.45, 7) is 1.75. The van der Waals surface area contributed by atoms with Crippen molar-refractivity contribution in [3.8, 4) is 0 Å². The number of carboxylic acid groups (broad SMARTS) is 1. The Morgan fingerprint density at radius 3 is 2.62 bits per heavy atom. The van der Waals surface area contributed by atoms with E-state index >= 15 is 0 Å². The molecule has 16 heavy (non-hydrogen) atoms. The van der Waals surface area contributed by atoms with Gasteiger partial charge < -0.3 is 15.7 Å². The van der Waals surface area contributed by atoms with Gasteiger partial charge in [-0.3, -0.25) is 4.79 Å². The van der Waals surface area contributed by atoms with Gasteiger partial charge in [0.15, 0.2) is 0 Å². The van der Waals surface area contributed by atoms with E-state index < -0.39 is 5.97 Å². The molecule has 0 aliphatic heterocycles. The van der Waals surface area contributed by atoms with Gasteiger partial charge in [-0.15, -0.1) is 0 Å². The number of nitrogens with two attached hydrogens (primary N) is 1. The number of aliphatic carboxylic acids is 1. The van der Waals surface area contributed by atoms with Crippen molar-refractivity contribution in [2.45, 2.75) is 44.6 Å². The highest BCUT2D eigenvalue weighted by Crippen LogP contribution is 2.24. The molecule has 3 N–H and O–H groups in total. The minimum absolute atomic E-state index is 0.0645. The van der Waals surface area contributed by atoms with Crippen LogP contribution in [0.3, 0.4) is 0 Å². The Labute approximate surface area is 97.8 Å². The van der Waals surface area contributed by atoms with Crippen LogP contribution in [0.15, 0.2) is 0 Å². The summed E-state index contributed by atoms with van der Waals surface area (Å²) in [6, 6.07) is -0.244. The average molecular weight is 228 g/mol. The maximum absolute atomic E-state index is 10.5. The third-order valence-electron chi connectivity index (χ3n) is 3.28. The Kier molecular flexibility index (Phi) is 5.77. The molecule has 1 fully saturated rings. The zero-order valence-electron chi connectivity index (χ0n) is 10.2. The highest BCUT2D eigenvalue weighted by Gasteiger charge is 2.17. The summed E-state index contributed by atoms with van der Waals surface area (Å²) >= 11 is 0. The second-order valence-electron chi connectivity index (χ2n) is 5.08. The summed E-state index contributed by atoms with van der Waals surface area (Å²) in [5.74, 6) is -0.0191. The molecule has 0 saturated heterocycles. The topological polar surface area (TPSA) is 66.6 Å². The van der Waals surface area contributed by atoms with Crippen LogP contribution >= 0.6 is 0 Å². The Bertz CT molecular complexity index is 215. The largest absolute Gasteiger partial charge is 0.481 e. The number of nitrogens with zero attached hydrogens (tertiary/aromatic N) is 1. The molecule has 1 aliphatic rings. The van der Waals surface area contributed by atoms with Crippen LogP contribution in [0.25, 0.3) is 0 Å². The molecule has 0 aromatic carbocycles. The van der Waals surface area contributed by atoms with E-state index in [4.69, 9.17) is 10.8 Å². The fraction of sp³-hybridized carbons (Fsp3) is 0.917. The summed E-state index contributed by atoms with van der Waals surface area (Å²) < 4.78 is 0. The molecule has 1 unspecified atom stereocenters. The molecule has 0 spiro atoms. The molecule has 1 atom stereocenters. The van der Waals surface area contributed by atoms with Crippen LogP contribution in [0.2, 0.25) is 0 Å². The maximum atomic E-state index is 10.5. The van der Waals surface area contributed by atoms with E-state index in [-0.39, 0.29) is 12.5 Å². The SMILES string of the molecule is CN(CC(N)CC(=O)O)CC1CCCCC1. The van der Waals surface area contributed by atoms with Crippen molar-refractivity contribution >= 4 is 5.97 Å². The minimum Gasteiger partial charge on any atom is -0.481 e. The second kappa shape index (κ2) is 6.86. The summed E-state index contributed by atoms with van der Waals surface area (Å²) in [6.07, 6.45) is 6.77. The van der Waals surface area contributed by atoms with E-state index in [0.29, 0.717) is 6.54 Å². The first-order valence-electron chi connectivity index (χ1n) is 6.24. The molecule has 1 aliphatic carbocycles. The molecular weight excluding hydrogens is 204 g/mol. The summed E-state index contributed by atoms with van der Waals surface area (Å²) in [7, 11) is 2.04. The van der Waals surface area contributed by atoms with Gasteiger partial charge in [0.25, 0.3) is 0 Å². The maximum Gasteiger partial charge on any atom is 0.304 e. The zero-order valence-corrected chi connectivity index (χ0v) is 10.2. The van der Waals surface area contributed by atoms with Crippen molar-refractivity contribution in [3.63, 3.8) is 0 Å². The lowest BCUT2D eigenvalue weighted by atomic mass is 9.89. The third kappa shape index (κ3) is 5.47. The zero-order chi connectivity index (χ0) is 12.0. The number of likely N-dealkylation sites (N-methyl/N-ethyl adjacent to an activating group) is 1. The first-order chi connectivity index (χ1) is 7.58. The highest BCUT2D eigenvalue weighted by atomic mass is 16.4. The monoisotopic (exact) mass is 228 g/mol. The fourth-order valence-electron chi connectivity index (χ4n) is 2.57. The van der Waals surface area contributed by atoms with Crippen molar-refractivity contribution < 1.29 is 9.90 Å². The van der Waals surface area contributed by atoms with Gasteiger partial charge in [-0.1, -0.05) is 19.3 Å². The first kappa shape index (κ1) is 13.5. The molecule has 1 rings (SSSR count). The normalized spacial score (nSPS) is 19.9. The molecule has 0 amide bonds. The standard InChI is InChI=1S/C12H24N2O2/c1-14(9-11(13)7-12(15)16)8-10-5-3-2-4-6-10/h10-11H,2-9,13H2,1H3,(H,15,16). The fourth-order valence-corrected chi connectivity index (χ4v) is 2.57. The molecule has 4 nitrogen and oxygen atoms in total. The number of hydrogen-bond acceptors (Lipinski definition) is 3. The number of carbonyl (C=O) groups is 1. The molecule has 0 bridgehead atoms. The molecule has 94 valence electrons. The third-order valence-corrected chi connectivity index (χ3v) is 3.28. The second-order valence-corrected chi connectivity index (χ2v) is 5.08. The molecule has 0 radical (unpaired) electrons. The van der Waals surface area contributed by atoms with Crippen LogP contribution in [0.1, 0.15) is 38.5 Å². The van der Waals surface area contributed by atoms with Crippen molar-refractivity contribution in [1.29, 1.82) is 0 Å². The predicted octanol–water partition coefficient (Wildman–Crippen LogP) is 1.30. The van der Waals surface area contributed by atoms with Crippen LogP contribution in [0.5, 0.6) is 0 Å². The number of carboxylic acids is 1. The Hall–Kier alpha value is -0.610. The van der Waals surface area contributed by atoms with Crippen molar-refractivity contribution in [2.24, 2.45) is 11.7 Å². The average Bonchev–Trinajstić information content (AvgIpc) is 2.17. The van der Waals surface area contributed by atoms with Gasteiger partial charge >= 0.3 is 5.97 Å². The van der Waals surface area contributed by atoms with Crippen molar-refractivity contribution in [1.82, 2.24) is 4.90 Å². The van der Waals surface area contributed by atoms with E-state index in [9.17, 15) is 4.79 Å². The summed E-state index contributed by atoms with van der Waals surface area (Å²) in [5.41, 5.74) is 5.76. The van der Waals surface area contributed by atoms with Crippen molar-refractivity contribution in [2.75, 3.05) is 20.1 Å². The van der Waals surface area contributed by atoms with E-state index in [1.165, 1.54) is 32.1 Å². The Morgan fingerprint density at radius 2 is 2.06 bits per heavy atom. The smallest absolute Gasteiger partial charge is 0.304 e. The molecular formula is C12H24N2O2. The first-order valence-corrected chi connectivity index (χ1v) is 6.24. The van der Waals surface area contributed by atoms with Gasteiger partial charge in [0.05, 0.1) is 6.42 Å². The quantitative estimate of drug-likeness (QED) is 0.719. The van der Waals surface area contributed by atoms with Crippen LogP contribution in [0, 0.1) is 5.92 Å². The van der Waals surface area contributed by atoms with Crippen LogP contribution in [0.4, 0.5) is 0 Å². The molecule has 0 aromatic rings. The van der Waals surface area contributed by atoms with Gasteiger partial charge in [0.1, 0.15) is 0 Å². The predicted molar refractivity (Wildman–Crippen MR) is 64.3 cm³/mol. The molecule has 1 saturated carbocycles. The highest BCUT2D eigenvalue weighted by molar-refractivity contribution is 5.67. The Morgan fingerprint density at radius 1 is 1.44 bits per heavy atom. The van der Waals surface area contributed by atoms with Gasteiger partial charge in [-0.2, -0.15) is 0 Å². The lowest BCUT2D eigenvalue weighted by Gasteiger charge is -2.28. The van der Waals surface area contributed by atoms with E-state index in [2.05, 4.69) is 4.90 Å². The number of rotatable bonds is 6. The van der Waals surface area contributed by atoms with Gasteiger partial charge in [0, 0.05) is 19.1 Å².